The first-order chi connectivity index (χ1) is 9.19. The molecule has 1 N–H and O–H groups in total. The van der Waals surface area contributed by atoms with Gasteiger partial charge in [-0.1, -0.05) is 13.8 Å². The summed E-state index contributed by atoms with van der Waals surface area (Å²) in [7, 11) is 0. The number of hydrogen-bond acceptors (Lipinski definition) is 4. The Balaban J connectivity index is 1.91. The molecule has 108 valence electrons. The van der Waals surface area contributed by atoms with Crippen molar-refractivity contribution in [3.63, 3.8) is 0 Å². The molecule has 5 heteroatoms. The predicted octanol–water partition coefficient (Wildman–Crippen LogP) is 1.53. The van der Waals surface area contributed by atoms with Crippen LogP contribution in [0.25, 0.3) is 0 Å². The average Bonchev–Trinajstić information content (AvgIpc) is 2.77. The SMILES string of the molecule is CC(C)Cn1ncnc1CN1CCCC(CCO)C1. The van der Waals surface area contributed by atoms with Crippen molar-refractivity contribution in [3.8, 4) is 0 Å². The molecule has 1 fully saturated rings. The van der Waals surface area contributed by atoms with Crippen LogP contribution in [0, 0.1) is 11.8 Å². The highest BCUT2D eigenvalue weighted by Gasteiger charge is 2.21. The number of aliphatic hydroxyl groups excluding tert-OH is 1. The van der Waals surface area contributed by atoms with Crippen molar-refractivity contribution < 1.29 is 5.11 Å². The summed E-state index contributed by atoms with van der Waals surface area (Å²) in [5.74, 6) is 2.29. The summed E-state index contributed by atoms with van der Waals surface area (Å²) in [5.41, 5.74) is 0. The second-order valence-corrected chi connectivity index (χ2v) is 6.01. The number of hydrogen-bond donors (Lipinski definition) is 1. The zero-order valence-corrected chi connectivity index (χ0v) is 12.1. The highest BCUT2D eigenvalue weighted by Crippen LogP contribution is 2.20. The molecule has 0 amide bonds. The molecule has 1 aromatic heterocycles. The summed E-state index contributed by atoms with van der Waals surface area (Å²) in [6.45, 7) is 8.73. The lowest BCUT2D eigenvalue weighted by Crippen LogP contribution is -2.36. The lowest BCUT2D eigenvalue weighted by molar-refractivity contribution is 0.138. The zero-order valence-electron chi connectivity index (χ0n) is 12.1. The predicted molar refractivity (Wildman–Crippen MR) is 74.6 cm³/mol. The maximum absolute atomic E-state index is 9.06. The molecule has 1 unspecified atom stereocenters. The second kappa shape index (κ2) is 7.01. The van der Waals surface area contributed by atoms with Crippen LogP contribution in [0.3, 0.4) is 0 Å². The Labute approximate surface area is 115 Å². The lowest BCUT2D eigenvalue weighted by atomic mass is 9.95. The van der Waals surface area contributed by atoms with E-state index >= 15 is 0 Å². The minimum Gasteiger partial charge on any atom is -0.396 e. The minimum absolute atomic E-state index is 0.308. The van der Waals surface area contributed by atoms with E-state index in [1.807, 2.05) is 4.68 Å². The first-order valence-electron chi connectivity index (χ1n) is 7.39. The van der Waals surface area contributed by atoms with Crippen LogP contribution >= 0.6 is 0 Å². The van der Waals surface area contributed by atoms with Gasteiger partial charge in [0.15, 0.2) is 0 Å². The number of likely N-dealkylation sites (tertiary alicyclic amines) is 1. The van der Waals surface area contributed by atoms with Crippen molar-refractivity contribution >= 4 is 0 Å². The smallest absolute Gasteiger partial charge is 0.141 e. The van der Waals surface area contributed by atoms with E-state index in [4.69, 9.17) is 5.11 Å². The molecule has 1 aliphatic rings. The molecule has 0 aromatic carbocycles. The number of aliphatic hydroxyl groups is 1. The van der Waals surface area contributed by atoms with Crippen molar-refractivity contribution in [1.29, 1.82) is 0 Å². The van der Waals surface area contributed by atoms with E-state index in [0.717, 1.165) is 38.4 Å². The quantitative estimate of drug-likeness (QED) is 0.848. The van der Waals surface area contributed by atoms with Gasteiger partial charge in [0.2, 0.25) is 0 Å². The molecule has 1 aliphatic heterocycles. The van der Waals surface area contributed by atoms with Crippen molar-refractivity contribution in [2.75, 3.05) is 19.7 Å². The molecule has 0 aliphatic carbocycles. The van der Waals surface area contributed by atoms with E-state index in [1.165, 1.54) is 12.8 Å². The average molecular weight is 266 g/mol. The highest BCUT2D eigenvalue weighted by atomic mass is 16.3. The van der Waals surface area contributed by atoms with Crippen LogP contribution < -0.4 is 0 Å². The maximum atomic E-state index is 9.06. The zero-order chi connectivity index (χ0) is 13.7. The lowest BCUT2D eigenvalue weighted by Gasteiger charge is -2.32. The monoisotopic (exact) mass is 266 g/mol. The molecular formula is C14H26N4O. The van der Waals surface area contributed by atoms with E-state index in [2.05, 4.69) is 28.8 Å². The van der Waals surface area contributed by atoms with Gasteiger partial charge < -0.3 is 5.11 Å². The molecule has 2 rings (SSSR count). The summed E-state index contributed by atoms with van der Waals surface area (Å²) in [6.07, 6.45) is 5.06. The molecule has 0 radical (unpaired) electrons. The maximum Gasteiger partial charge on any atom is 0.141 e. The van der Waals surface area contributed by atoms with Gasteiger partial charge >= 0.3 is 0 Å². The van der Waals surface area contributed by atoms with E-state index in [1.54, 1.807) is 6.33 Å². The summed E-state index contributed by atoms with van der Waals surface area (Å²) in [6, 6.07) is 0. The topological polar surface area (TPSA) is 54.2 Å². The Morgan fingerprint density at radius 2 is 2.32 bits per heavy atom. The Morgan fingerprint density at radius 1 is 1.47 bits per heavy atom. The minimum atomic E-state index is 0.308. The molecular weight excluding hydrogens is 240 g/mol. The fourth-order valence-electron chi connectivity index (χ4n) is 2.82. The number of piperidine rings is 1. The number of rotatable bonds is 6. The van der Waals surface area contributed by atoms with Gasteiger partial charge in [0.25, 0.3) is 0 Å². The summed E-state index contributed by atoms with van der Waals surface area (Å²) in [5, 5.41) is 13.4. The summed E-state index contributed by atoms with van der Waals surface area (Å²) >= 11 is 0. The number of nitrogens with zero attached hydrogens (tertiary/aromatic N) is 4. The van der Waals surface area contributed by atoms with E-state index in [9.17, 15) is 0 Å². The molecule has 19 heavy (non-hydrogen) atoms. The van der Waals surface area contributed by atoms with Crippen LogP contribution in [-0.4, -0.2) is 44.5 Å². The van der Waals surface area contributed by atoms with Crippen LogP contribution in [0.5, 0.6) is 0 Å². The van der Waals surface area contributed by atoms with Crippen molar-refractivity contribution in [1.82, 2.24) is 19.7 Å². The van der Waals surface area contributed by atoms with Gasteiger partial charge in [0.1, 0.15) is 12.2 Å². The Bertz CT molecular complexity index is 375. The van der Waals surface area contributed by atoms with Gasteiger partial charge in [-0.05, 0) is 37.6 Å². The van der Waals surface area contributed by atoms with Gasteiger partial charge in [-0.25, -0.2) is 9.67 Å². The van der Waals surface area contributed by atoms with Crippen molar-refractivity contribution in [2.45, 2.75) is 46.2 Å². The van der Waals surface area contributed by atoms with E-state index < -0.39 is 0 Å². The number of aromatic nitrogens is 3. The second-order valence-electron chi connectivity index (χ2n) is 6.01. The Hall–Kier alpha value is -0.940. The van der Waals surface area contributed by atoms with E-state index in [0.29, 0.717) is 18.4 Å². The normalized spacial score (nSPS) is 21.2. The Morgan fingerprint density at radius 3 is 3.05 bits per heavy atom. The molecule has 0 saturated carbocycles. The van der Waals surface area contributed by atoms with Crippen LogP contribution in [0.2, 0.25) is 0 Å². The molecule has 1 atom stereocenters. The molecule has 5 nitrogen and oxygen atoms in total. The van der Waals surface area contributed by atoms with Gasteiger partial charge in [-0.2, -0.15) is 5.10 Å². The standard InChI is InChI=1S/C14H26N4O/c1-12(2)8-18-14(15-11-16-18)10-17-6-3-4-13(9-17)5-7-19/h11-13,19H,3-10H2,1-2H3. The van der Waals surface area contributed by atoms with Gasteiger partial charge in [-0.15, -0.1) is 0 Å². The highest BCUT2D eigenvalue weighted by molar-refractivity contribution is 4.87. The third-order valence-corrected chi connectivity index (χ3v) is 3.74. The van der Waals surface area contributed by atoms with Crippen LogP contribution in [0.1, 0.15) is 38.9 Å². The van der Waals surface area contributed by atoms with Crippen LogP contribution in [-0.2, 0) is 13.1 Å². The summed E-state index contributed by atoms with van der Waals surface area (Å²) < 4.78 is 2.03. The first-order valence-corrected chi connectivity index (χ1v) is 7.39. The van der Waals surface area contributed by atoms with Crippen molar-refractivity contribution in [3.05, 3.63) is 12.2 Å². The largest absolute Gasteiger partial charge is 0.396 e. The fraction of sp³-hybridized carbons (Fsp3) is 0.857. The first kappa shape index (κ1) is 14.5. The molecule has 1 saturated heterocycles. The molecule has 0 spiro atoms. The molecule has 2 heterocycles. The van der Waals surface area contributed by atoms with Crippen LogP contribution in [0.15, 0.2) is 6.33 Å². The van der Waals surface area contributed by atoms with Gasteiger partial charge in [-0.3, -0.25) is 4.90 Å². The van der Waals surface area contributed by atoms with E-state index in [-0.39, 0.29) is 0 Å². The van der Waals surface area contributed by atoms with Crippen molar-refractivity contribution in [2.24, 2.45) is 11.8 Å². The van der Waals surface area contributed by atoms with Crippen LogP contribution in [0.4, 0.5) is 0 Å². The third kappa shape index (κ3) is 4.28. The van der Waals surface area contributed by atoms with Gasteiger partial charge in [0.05, 0.1) is 6.54 Å². The summed E-state index contributed by atoms with van der Waals surface area (Å²) in [4.78, 5) is 6.84. The van der Waals surface area contributed by atoms with Gasteiger partial charge in [0, 0.05) is 19.7 Å². The fourth-order valence-corrected chi connectivity index (χ4v) is 2.82. The Kier molecular flexibility index (Phi) is 5.34. The third-order valence-electron chi connectivity index (χ3n) is 3.74. The molecule has 1 aromatic rings. The molecule has 0 bridgehead atoms.